The van der Waals surface area contributed by atoms with E-state index in [1.54, 1.807) is 23.4 Å². The van der Waals surface area contributed by atoms with Gasteiger partial charge in [-0.25, -0.2) is 4.39 Å². The van der Waals surface area contributed by atoms with Gasteiger partial charge in [0.25, 0.3) is 0 Å². The molecule has 21 heavy (non-hydrogen) atoms. The minimum absolute atomic E-state index is 0.0274. The lowest BCUT2D eigenvalue weighted by Gasteiger charge is -2.29. The van der Waals surface area contributed by atoms with Gasteiger partial charge in [0.2, 0.25) is 5.91 Å². The van der Waals surface area contributed by atoms with Crippen LogP contribution in [0, 0.1) is 12.7 Å². The van der Waals surface area contributed by atoms with Gasteiger partial charge in [-0.1, -0.05) is 0 Å². The van der Waals surface area contributed by atoms with Crippen molar-refractivity contribution >= 4 is 11.6 Å². The van der Waals surface area contributed by atoms with Gasteiger partial charge >= 0.3 is 0 Å². The van der Waals surface area contributed by atoms with Crippen LogP contribution >= 0.6 is 0 Å². The van der Waals surface area contributed by atoms with Crippen LogP contribution in [0.1, 0.15) is 11.1 Å². The number of ether oxygens (including phenoxy) is 1. The summed E-state index contributed by atoms with van der Waals surface area (Å²) in [7, 11) is 0. The van der Waals surface area contributed by atoms with Crippen LogP contribution in [-0.4, -0.2) is 24.0 Å². The van der Waals surface area contributed by atoms with Gasteiger partial charge in [0.1, 0.15) is 18.2 Å². The highest BCUT2D eigenvalue weighted by atomic mass is 19.1. The van der Waals surface area contributed by atoms with E-state index in [9.17, 15) is 9.18 Å². The molecule has 0 radical (unpaired) electrons. The van der Waals surface area contributed by atoms with Crippen molar-refractivity contribution in [2.75, 3.05) is 18.1 Å². The van der Waals surface area contributed by atoms with Crippen molar-refractivity contribution in [3.8, 4) is 5.75 Å². The first-order valence-corrected chi connectivity index (χ1v) is 6.77. The van der Waals surface area contributed by atoms with E-state index in [0.717, 1.165) is 11.1 Å². The first-order valence-electron chi connectivity index (χ1n) is 6.77. The minimum Gasteiger partial charge on any atom is -0.489 e. The number of amides is 1. The van der Waals surface area contributed by atoms with Crippen LogP contribution in [0.15, 0.2) is 36.7 Å². The molecule has 108 valence electrons. The fourth-order valence-corrected chi connectivity index (χ4v) is 2.41. The maximum atomic E-state index is 13.2. The van der Waals surface area contributed by atoms with E-state index in [4.69, 9.17) is 4.74 Å². The Morgan fingerprint density at radius 1 is 1.43 bits per heavy atom. The van der Waals surface area contributed by atoms with Crippen LogP contribution in [0.4, 0.5) is 10.1 Å². The highest BCUT2D eigenvalue weighted by Crippen LogP contribution is 2.32. The summed E-state index contributed by atoms with van der Waals surface area (Å²) in [5.74, 6) is 0.0227. The lowest BCUT2D eigenvalue weighted by Crippen LogP contribution is -2.39. The van der Waals surface area contributed by atoms with Crippen molar-refractivity contribution in [2.45, 2.75) is 13.3 Å². The molecule has 0 atom stereocenters. The van der Waals surface area contributed by atoms with Crippen molar-refractivity contribution in [2.24, 2.45) is 0 Å². The lowest BCUT2D eigenvalue weighted by molar-refractivity contribution is -0.118. The van der Waals surface area contributed by atoms with E-state index in [-0.39, 0.29) is 11.7 Å². The first kappa shape index (κ1) is 13.5. The predicted molar refractivity (Wildman–Crippen MR) is 76.9 cm³/mol. The number of pyridine rings is 1. The molecule has 0 saturated carbocycles. The maximum absolute atomic E-state index is 13.2. The summed E-state index contributed by atoms with van der Waals surface area (Å²) in [5.41, 5.74) is 2.56. The number of fused-ring (bicyclic) bond motifs is 1. The number of hydrogen-bond acceptors (Lipinski definition) is 3. The van der Waals surface area contributed by atoms with Crippen molar-refractivity contribution in [3.05, 3.63) is 53.6 Å². The molecular weight excluding hydrogens is 271 g/mol. The van der Waals surface area contributed by atoms with Gasteiger partial charge in [-0.2, -0.15) is 0 Å². The predicted octanol–water partition coefficient (Wildman–Crippen LogP) is 2.50. The number of aryl methyl sites for hydroxylation is 1. The third-order valence-electron chi connectivity index (χ3n) is 3.56. The molecule has 0 bridgehead atoms. The molecule has 5 heteroatoms. The van der Waals surface area contributed by atoms with Gasteiger partial charge in [0, 0.05) is 18.5 Å². The number of carbonyl (C=O) groups excluding carboxylic acids is 1. The minimum atomic E-state index is -0.368. The van der Waals surface area contributed by atoms with Gasteiger partial charge in [-0.15, -0.1) is 0 Å². The second-order valence-corrected chi connectivity index (χ2v) is 4.98. The van der Waals surface area contributed by atoms with Crippen LogP contribution in [0.25, 0.3) is 0 Å². The highest BCUT2D eigenvalue weighted by molar-refractivity contribution is 5.96. The molecule has 4 nitrogen and oxygen atoms in total. The Balaban J connectivity index is 1.85. The van der Waals surface area contributed by atoms with E-state index < -0.39 is 0 Å². The van der Waals surface area contributed by atoms with Gasteiger partial charge in [-0.3, -0.25) is 9.78 Å². The quantitative estimate of drug-likeness (QED) is 0.852. The molecular formula is C16H15FN2O2. The molecule has 1 amide bonds. The zero-order valence-corrected chi connectivity index (χ0v) is 11.7. The second-order valence-electron chi connectivity index (χ2n) is 4.98. The molecule has 1 aromatic carbocycles. The molecule has 1 aliphatic heterocycles. The molecule has 2 heterocycles. The number of benzene rings is 1. The van der Waals surface area contributed by atoms with Gasteiger partial charge < -0.3 is 9.64 Å². The number of rotatable bonds is 2. The number of nitrogens with zero attached hydrogens (tertiary/aromatic N) is 2. The lowest BCUT2D eigenvalue weighted by atomic mass is 10.1. The molecule has 0 spiro atoms. The second kappa shape index (κ2) is 5.52. The molecule has 3 rings (SSSR count). The summed E-state index contributed by atoms with van der Waals surface area (Å²) < 4.78 is 18.6. The number of halogens is 1. The molecule has 0 N–H and O–H groups in total. The Morgan fingerprint density at radius 3 is 3.10 bits per heavy atom. The topological polar surface area (TPSA) is 42.4 Å². The third-order valence-corrected chi connectivity index (χ3v) is 3.56. The Hall–Kier alpha value is -2.43. The van der Waals surface area contributed by atoms with Crippen molar-refractivity contribution in [1.82, 2.24) is 4.98 Å². The third kappa shape index (κ3) is 2.72. The van der Waals surface area contributed by atoms with Crippen molar-refractivity contribution < 1.29 is 13.9 Å². The fourth-order valence-electron chi connectivity index (χ4n) is 2.41. The van der Waals surface area contributed by atoms with Gasteiger partial charge in [0.15, 0.2) is 0 Å². The summed E-state index contributed by atoms with van der Waals surface area (Å²) in [6.07, 6.45) is 3.72. The largest absolute Gasteiger partial charge is 0.489 e. The molecule has 1 aromatic heterocycles. The average molecular weight is 286 g/mol. The normalized spacial score (nSPS) is 13.5. The Labute approximate surface area is 122 Å². The van der Waals surface area contributed by atoms with E-state index in [1.807, 2.05) is 13.0 Å². The summed E-state index contributed by atoms with van der Waals surface area (Å²) in [4.78, 5) is 18.2. The number of carbonyl (C=O) groups is 1. The summed E-state index contributed by atoms with van der Waals surface area (Å²) in [6, 6.07) is 6.08. The molecule has 0 aliphatic carbocycles. The Kier molecular flexibility index (Phi) is 3.56. The number of anilines is 1. The van der Waals surface area contributed by atoms with Crippen LogP contribution in [0.3, 0.4) is 0 Å². The van der Waals surface area contributed by atoms with E-state index in [1.165, 1.54) is 12.1 Å². The number of hydrogen-bond donors (Lipinski definition) is 0. The van der Waals surface area contributed by atoms with Gasteiger partial charge in [-0.05, 0) is 36.2 Å². The van der Waals surface area contributed by atoms with Crippen LogP contribution < -0.4 is 9.64 Å². The smallest absolute Gasteiger partial charge is 0.231 e. The van der Waals surface area contributed by atoms with Crippen molar-refractivity contribution in [1.29, 1.82) is 0 Å². The monoisotopic (exact) mass is 286 g/mol. The van der Waals surface area contributed by atoms with Crippen LogP contribution in [0.2, 0.25) is 0 Å². The van der Waals surface area contributed by atoms with E-state index in [2.05, 4.69) is 4.98 Å². The molecule has 2 aromatic rings. The molecule has 0 saturated heterocycles. The van der Waals surface area contributed by atoms with Crippen LogP contribution in [0.5, 0.6) is 5.75 Å². The SMILES string of the molecule is Cc1cnccc1CC(=O)N1CCOc2cc(F)ccc21. The first-order chi connectivity index (χ1) is 10.1. The van der Waals surface area contributed by atoms with E-state index in [0.29, 0.717) is 31.0 Å². The summed E-state index contributed by atoms with van der Waals surface area (Å²) in [5, 5.41) is 0. The maximum Gasteiger partial charge on any atom is 0.231 e. The number of aromatic nitrogens is 1. The van der Waals surface area contributed by atoms with Gasteiger partial charge in [0.05, 0.1) is 18.7 Å². The Bertz CT molecular complexity index is 688. The van der Waals surface area contributed by atoms with Crippen LogP contribution in [-0.2, 0) is 11.2 Å². The van der Waals surface area contributed by atoms with Crippen molar-refractivity contribution in [3.63, 3.8) is 0 Å². The molecule has 0 unspecified atom stereocenters. The average Bonchev–Trinajstić information content (AvgIpc) is 2.48. The van der Waals surface area contributed by atoms with E-state index >= 15 is 0 Å². The standard InChI is InChI=1S/C16H15FN2O2/c1-11-10-18-5-4-12(11)8-16(20)19-6-7-21-15-9-13(17)2-3-14(15)19/h2-5,9-10H,6-8H2,1H3. The molecule has 0 fully saturated rings. The summed E-state index contributed by atoms with van der Waals surface area (Å²) >= 11 is 0. The summed E-state index contributed by atoms with van der Waals surface area (Å²) in [6.45, 7) is 2.78. The fraction of sp³-hybridized carbons (Fsp3) is 0.250. The Morgan fingerprint density at radius 2 is 2.29 bits per heavy atom. The zero-order chi connectivity index (χ0) is 14.8. The zero-order valence-electron chi connectivity index (χ0n) is 11.7. The highest BCUT2D eigenvalue weighted by Gasteiger charge is 2.24. The molecule has 1 aliphatic rings.